The Morgan fingerprint density at radius 3 is 2.58 bits per heavy atom. The van der Waals surface area contributed by atoms with Crippen LogP contribution in [0.4, 0.5) is 0 Å². The highest BCUT2D eigenvalue weighted by Gasteiger charge is 2.16. The van der Waals surface area contributed by atoms with E-state index in [1.807, 2.05) is 59.3 Å². The zero-order valence-electron chi connectivity index (χ0n) is 13.8. The van der Waals surface area contributed by atoms with Gasteiger partial charge in [-0.1, -0.05) is 24.3 Å². The fourth-order valence-corrected chi connectivity index (χ4v) is 3.09. The van der Waals surface area contributed by atoms with Gasteiger partial charge in [0.15, 0.2) is 17.1 Å². The molecular weight excluding hydrogens is 330 g/mol. The summed E-state index contributed by atoms with van der Waals surface area (Å²) < 4.78 is 12.9. The number of fused-ring (bicyclic) bond motifs is 2. The molecule has 0 atom stereocenters. The summed E-state index contributed by atoms with van der Waals surface area (Å²) in [6, 6.07) is 13.6. The topological polar surface area (TPSA) is 68.9 Å². The third-order valence-electron chi connectivity index (χ3n) is 4.50. The molecule has 1 aliphatic rings. The summed E-state index contributed by atoms with van der Waals surface area (Å²) in [6.45, 7) is 0.284. The van der Waals surface area contributed by atoms with Crippen molar-refractivity contribution in [3.8, 4) is 34.0 Å². The van der Waals surface area contributed by atoms with Gasteiger partial charge in [0.25, 0.3) is 0 Å². The predicted molar refractivity (Wildman–Crippen MR) is 95.9 cm³/mol. The van der Waals surface area contributed by atoms with Gasteiger partial charge in [-0.25, -0.2) is 4.98 Å². The lowest BCUT2D eigenvalue weighted by Gasteiger charge is -2.06. The maximum absolute atomic E-state index is 9.19. The van der Waals surface area contributed by atoms with Gasteiger partial charge in [-0.15, -0.1) is 0 Å². The van der Waals surface area contributed by atoms with Gasteiger partial charge in [0.2, 0.25) is 6.79 Å². The van der Waals surface area contributed by atoms with E-state index < -0.39 is 0 Å². The maximum atomic E-state index is 9.19. The number of rotatable bonds is 3. The Morgan fingerprint density at radius 2 is 1.73 bits per heavy atom. The molecule has 2 aromatic heterocycles. The number of hydrogen-bond acceptors (Lipinski definition) is 5. The van der Waals surface area contributed by atoms with Crippen LogP contribution in [0.3, 0.4) is 0 Å². The van der Waals surface area contributed by atoms with Crippen LogP contribution in [0.1, 0.15) is 5.56 Å². The van der Waals surface area contributed by atoms with E-state index in [0.717, 1.165) is 45.2 Å². The highest BCUT2D eigenvalue weighted by molar-refractivity contribution is 5.69. The minimum atomic E-state index is 0.0303. The minimum absolute atomic E-state index is 0.0303. The van der Waals surface area contributed by atoms with E-state index >= 15 is 0 Å². The molecule has 4 aromatic rings. The van der Waals surface area contributed by atoms with Crippen LogP contribution in [0.2, 0.25) is 0 Å². The summed E-state index contributed by atoms with van der Waals surface area (Å²) in [5, 5.41) is 9.19. The molecule has 5 rings (SSSR count). The molecule has 0 fully saturated rings. The predicted octanol–water partition coefficient (Wildman–Crippen LogP) is 3.28. The maximum Gasteiger partial charge on any atom is 0.231 e. The van der Waals surface area contributed by atoms with Gasteiger partial charge in [-0.05, 0) is 23.8 Å². The Labute approximate surface area is 149 Å². The van der Waals surface area contributed by atoms with Crippen LogP contribution in [0.15, 0.2) is 61.1 Å². The Hall–Kier alpha value is -3.38. The van der Waals surface area contributed by atoms with Crippen molar-refractivity contribution >= 4 is 5.65 Å². The molecule has 26 heavy (non-hydrogen) atoms. The largest absolute Gasteiger partial charge is 0.454 e. The van der Waals surface area contributed by atoms with Crippen LogP contribution in [0.25, 0.3) is 28.2 Å². The van der Waals surface area contributed by atoms with Crippen LogP contribution >= 0.6 is 0 Å². The van der Waals surface area contributed by atoms with Gasteiger partial charge in [-0.2, -0.15) is 0 Å². The van der Waals surface area contributed by atoms with Crippen molar-refractivity contribution in [2.75, 3.05) is 6.79 Å². The second kappa shape index (κ2) is 5.86. The molecule has 0 saturated heterocycles. The summed E-state index contributed by atoms with van der Waals surface area (Å²) >= 11 is 0. The number of ether oxygens (including phenoxy) is 2. The fraction of sp³-hybridized carbons (Fsp3) is 0.100. The van der Waals surface area contributed by atoms with Gasteiger partial charge < -0.3 is 14.6 Å². The molecule has 0 unspecified atom stereocenters. The van der Waals surface area contributed by atoms with Gasteiger partial charge >= 0.3 is 0 Å². The average molecular weight is 345 g/mol. The molecule has 6 heteroatoms. The summed E-state index contributed by atoms with van der Waals surface area (Å²) in [4.78, 5) is 8.95. The zero-order chi connectivity index (χ0) is 17.5. The molecule has 1 N–H and O–H groups in total. The smallest absolute Gasteiger partial charge is 0.231 e. The molecule has 0 amide bonds. The van der Waals surface area contributed by atoms with E-state index in [4.69, 9.17) is 9.47 Å². The van der Waals surface area contributed by atoms with Crippen molar-refractivity contribution in [1.29, 1.82) is 0 Å². The lowest BCUT2D eigenvalue weighted by molar-refractivity contribution is 0.174. The van der Waals surface area contributed by atoms with Gasteiger partial charge in [0.05, 0.1) is 30.4 Å². The van der Waals surface area contributed by atoms with Crippen molar-refractivity contribution < 1.29 is 14.6 Å². The van der Waals surface area contributed by atoms with E-state index in [1.165, 1.54) is 0 Å². The molecule has 128 valence electrons. The number of aromatic nitrogens is 3. The quantitative estimate of drug-likeness (QED) is 0.617. The lowest BCUT2D eigenvalue weighted by Crippen LogP contribution is -1.93. The molecule has 0 aliphatic carbocycles. The van der Waals surface area contributed by atoms with E-state index in [0.29, 0.717) is 0 Å². The van der Waals surface area contributed by atoms with E-state index in [9.17, 15) is 5.11 Å². The number of nitrogens with zero attached hydrogens (tertiary/aromatic N) is 3. The summed E-state index contributed by atoms with van der Waals surface area (Å²) in [5.74, 6) is 1.50. The first-order valence-electron chi connectivity index (χ1n) is 8.25. The highest BCUT2D eigenvalue weighted by Crippen LogP contribution is 2.36. The molecule has 0 bridgehead atoms. The first-order valence-corrected chi connectivity index (χ1v) is 8.25. The average Bonchev–Trinajstić information content (AvgIpc) is 3.33. The number of aliphatic hydroxyl groups is 1. The Morgan fingerprint density at radius 1 is 0.923 bits per heavy atom. The molecule has 3 heterocycles. The number of imidazole rings is 1. The third-order valence-corrected chi connectivity index (χ3v) is 4.50. The second-order valence-electron chi connectivity index (χ2n) is 6.07. The van der Waals surface area contributed by atoms with E-state index in [-0.39, 0.29) is 13.4 Å². The van der Waals surface area contributed by atoms with Crippen LogP contribution in [-0.4, -0.2) is 26.3 Å². The van der Waals surface area contributed by atoms with Gasteiger partial charge in [-0.3, -0.25) is 9.38 Å². The molecule has 6 nitrogen and oxygen atoms in total. The summed E-state index contributed by atoms with van der Waals surface area (Å²) in [7, 11) is 0. The highest BCUT2D eigenvalue weighted by atomic mass is 16.7. The Kier molecular flexibility index (Phi) is 3.36. The summed E-state index contributed by atoms with van der Waals surface area (Å²) in [5.41, 5.74) is 5.41. The SMILES string of the molecule is OCc1ccc(-c2cn3c(-c4ccc5c(c4)OCO5)cnc3cn2)cc1. The molecule has 0 radical (unpaired) electrons. The normalized spacial score (nSPS) is 12.7. The second-order valence-corrected chi connectivity index (χ2v) is 6.07. The molecular formula is C20H15N3O3. The van der Waals surface area contributed by atoms with Crippen LogP contribution in [0.5, 0.6) is 11.5 Å². The van der Waals surface area contributed by atoms with Crippen LogP contribution in [0, 0.1) is 0 Å². The lowest BCUT2D eigenvalue weighted by atomic mass is 10.1. The monoisotopic (exact) mass is 345 g/mol. The molecule has 1 aliphatic heterocycles. The Bertz CT molecular complexity index is 1100. The van der Waals surface area contributed by atoms with E-state index in [2.05, 4.69) is 9.97 Å². The minimum Gasteiger partial charge on any atom is -0.454 e. The number of benzene rings is 2. The van der Waals surface area contributed by atoms with Crippen LogP contribution in [-0.2, 0) is 6.61 Å². The van der Waals surface area contributed by atoms with Crippen molar-refractivity contribution in [2.24, 2.45) is 0 Å². The number of hydrogen-bond donors (Lipinski definition) is 1. The summed E-state index contributed by atoms with van der Waals surface area (Å²) in [6.07, 6.45) is 5.55. The van der Waals surface area contributed by atoms with Crippen molar-refractivity contribution in [3.05, 3.63) is 66.6 Å². The van der Waals surface area contributed by atoms with Gasteiger partial charge in [0.1, 0.15) is 0 Å². The molecule has 0 saturated carbocycles. The van der Waals surface area contributed by atoms with Crippen LogP contribution < -0.4 is 9.47 Å². The van der Waals surface area contributed by atoms with Gasteiger partial charge in [0, 0.05) is 17.3 Å². The van der Waals surface area contributed by atoms with E-state index in [1.54, 1.807) is 6.20 Å². The zero-order valence-corrected chi connectivity index (χ0v) is 13.8. The van der Waals surface area contributed by atoms with Crippen molar-refractivity contribution in [2.45, 2.75) is 6.61 Å². The molecule has 2 aromatic carbocycles. The van der Waals surface area contributed by atoms with Crippen molar-refractivity contribution in [3.63, 3.8) is 0 Å². The number of aliphatic hydroxyl groups excluding tert-OH is 1. The first-order chi connectivity index (χ1) is 12.8. The third kappa shape index (κ3) is 2.39. The standard InChI is InChI=1S/C20H15N3O3/c24-11-13-1-3-14(4-2-13)16-10-23-17(8-22-20(23)9-21-16)15-5-6-18-19(7-15)26-12-25-18/h1-10,24H,11-12H2. The fourth-order valence-electron chi connectivity index (χ4n) is 3.09. The first kappa shape index (κ1) is 14.9. The van der Waals surface area contributed by atoms with Crippen molar-refractivity contribution in [1.82, 2.24) is 14.4 Å². The Balaban J connectivity index is 1.60. The molecule has 0 spiro atoms.